The Hall–Kier alpha value is -2.91. The molecule has 0 radical (unpaired) electrons. The van der Waals surface area contributed by atoms with Crippen LogP contribution in [0.4, 0.5) is 27.8 Å². The van der Waals surface area contributed by atoms with Crippen molar-refractivity contribution >= 4 is 16.7 Å². The molecule has 0 saturated carbocycles. The van der Waals surface area contributed by atoms with Gasteiger partial charge in [0.2, 0.25) is 0 Å². The van der Waals surface area contributed by atoms with Gasteiger partial charge in [0.1, 0.15) is 17.3 Å². The van der Waals surface area contributed by atoms with Crippen molar-refractivity contribution < 1.29 is 26.7 Å². The van der Waals surface area contributed by atoms with Gasteiger partial charge in [-0.05, 0) is 30.3 Å². The zero-order chi connectivity index (χ0) is 19.2. The van der Waals surface area contributed by atoms with E-state index < -0.39 is 18.8 Å². The Bertz CT molecular complexity index is 985. The number of nitrogens with zero attached hydrogens (tertiary/aromatic N) is 3. The van der Waals surface area contributed by atoms with Gasteiger partial charge < -0.3 is 9.64 Å². The minimum absolute atomic E-state index is 0.175. The largest absolute Gasteiger partial charge is 0.573 e. The number of nitrogens with one attached hydrogen (secondary N) is 1. The van der Waals surface area contributed by atoms with Gasteiger partial charge in [0.05, 0.1) is 12.1 Å². The highest BCUT2D eigenvalue weighted by atomic mass is 19.4. The summed E-state index contributed by atoms with van der Waals surface area (Å²) in [5.74, 6) is -2.77. The van der Waals surface area contributed by atoms with Crippen molar-refractivity contribution in [2.45, 2.75) is 18.7 Å². The Balaban J connectivity index is 1.70. The maximum absolute atomic E-state index is 13.4. The number of alkyl halides is 5. The Morgan fingerprint density at radius 2 is 1.96 bits per heavy atom. The summed E-state index contributed by atoms with van der Waals surface area (Å²) in [5, 5.41) is 7.30. The fourth-order valence-electron chi connectivity index (χ4n) is 3.08. The lowest BCUT2D eigenvalue weighted by atomic mass is 10.1. The number of pyridine rings is 1. The monoisotopic (exact) mass is 384 g/mol. The molecule has 0 unspecified atom stereocenters. The van der Waals surface area contributed by atoms with E-state index in [-0.39, 0.29) is 18.7 Å². The first-order chi connectivity index (χ1) is 12.7. The second-order valence-electron chi connectivity index (χ2n) is 6.26. The third kappa shape index (κ3) is 3.64. The number of anilines is 1. The first kappa shape index (κ1) is 17.5. The number of hydrogen-bond acceptors (Lipinski definition) is 4. The molecule has 5 nitrogen and oxygen atoms in total. The lowest BCUT2D eigenvalue weighted by Crippen LogP contribution is -2.25. The van der Waals surface area contributed by atoms with E-state index in [1.165, 1.54) is 29.3 Å². The molecule has 1 aromatic carbocycles. The average Bonchev–Trinajstić information content (AvgIpc) is 3.16. The number of fused-ring (bicyclic) bond motifs is 1. The van der Waals surface area contributed by atoms with E-state index in [1.807, 2.05) is 0 Å². The van der Waals surface area contributed by atoms with Crippen LogP contribution < -0.4 is 9.64 Å². The number of halogens is 5. The lowest BCUT2D eigenvalue weighted by Gasteiger charge is -2.17. The van der Waals surface area contributed by atoms with Crippen molar-refractivity contribution in [3.63, 3.8) is 0 Å². The number of aromatic nitrogens is 3. The highest BCUT2D eigenvalue weighted by Crippen LogP contribution is 2.34. The molecule has 0 bridgehead atoms. The second-order valence-corrected chi connectivity index (χ2v) is 6.26. The first-order valence-corrected chi connectivity index (χ1v) is 8.03. The first-order valence-electron chi connectivity index (χ1n) is 8.03. The Morgan fingerprint density at radius 1 is 1.15 bits per heavy atom. The molecule has 0 amide bonds. The molecule has 0 atom stereocenters. The zero-order valence-corrected chi connectivity index (χ0v) is 13.7. The molecule has 4 rings (SSSR count). The van der Waals surface area contributed by atoms with Crippen LogP contribution >= 0.6 is 0 Å². The molecule has 1 N–H and O–H groups in total. The minimum Gasteiger partial charge on any atom is -0.406 e. The summed E-state index contributed by atoms with van der Waals surface area (Å²) in [6.45, 7) is -0.247. The molecule has 0 aliphatic carbocycles. The lowest BCUT2D eigenvalue weighted by molar-refractivity contribution is -0.274. The molecule has 27 heavy (non-hydrogen) atoms. The van der Waals surface area contributed by atoms with E-state index in [0.717, 1.165) is 0 Å². The summed E-state index contributed by atoms with van der Waals surface area (Å²) >= 11 is 0. The summed E-state index contributed by atoms with van der Waals surface area (Å²) in [6, 6.07) is 7.04. The van der Waals surface area contributed by atoms with Crippen molar-refractivity contribution in [3.8, 4) is 17.0 Å². The van der Waals surface area contributed by atoms with Gasteiger partial charge in [0.15, 0.2) is 0 Å². The number of H-pyrrole nitrogens is 1. The Labute approximate surface area is 149 Å². The molecule has 1 aliphatic rings. The van der Waals surface area contributed by atoms with Gasteiger partial charge in [-0.1, -0.05) is 0 Å². The van der Waals surface area contributed by atoms with Crippen LogP contribution in [0.2, 0.25) is 0 Å². The summed E-state index contributed by atoms with van der Waals surface area (Å²) < 4.78 is 68.2. The topological polar surface area (TPSA) is 54.0 Å². The molecular weight excluding hydrogens is 371 g/mol. The number of rotatable bonds is 3. The maximum atomic E-state index is 13.4. The molecule has 3 heterocycles. The van der Waals surface area contributed by atoms with Gasteiger partial charge in [0.25, 0.3) is 5.92 Å². The molecule has 1 fully saturated rings. The van der Waals surface area contributed by atoms with Crippen LogP contribution in [0.5, 0.6) is 5.75 Å². The van der Waals surface area contributed by atoms with E-state index in [0.29, 0.717) is 28.0 Å². The van der Waals surface area contributed by atoms with Crippen LogP contribution in [0.3, 0.4) is 0 Å². The normalized spacial score (nSPS) is 16.9. The highest BCUT2D eigenvalue weighted by Gasteiger charge is 2.38. The van der Waals surface area contributed by atoms with Crippen LogP contribution in [0.1, 0.15) is 6.42 Å². The third-order valence-corrected chi connectivity index (χ3v) is 4.28. The summed E-state index contributed by atoms with van der Waals surface area (Å²) in [6.07, 6.45) is -3.59. The molecule has 1 aliphatic heterocycles. The molecule has 3 aromatic rings. The van der Waals surface area contributed by atoms with Gasteiger partial charge >= 0.3 is 6.36 Å². The fraction of sp³-hybridized carbons (Fsp3) is 0.294. The molecule has 142 valence electrons. The van der Waals surface area contributed by atoms with E-state index in [4.69, 9.17) is 0 Å². The minimum atomic E-state index is -4.80. The van der Waals surface area contributed by atoms with Crippen LogP contribution in [0, 0.1) is 0 Å². The SMILES string of the molecule is FC1(F)CCN(c2cc(-c3n[nH]c4ccc(OC(F)(F)F)cc34)ccn2)C1. The van der Waals surface area contributed by atoms with Gasteiger partial charge in [-0.25, -0.2) is 13.8 Å². The van der Waals surface area contributed by atoms with Crippen LogP contribution in [-0.2, 0) is 0 Å². The zero-order valence-electron chi connectivity index (χ0n) is 13.7. The second kappa shape index (κ2) is 6.07. The highest BCUT2D eigenvalue weighted by molar-refractivity contribution is 5.94. The van der Waals surface area contributed by atoms with Gasteiger partial charge in [-0.3, -0.25) is 5.10 Å². The van der Waals surface area contributed by atoms with Crippen molar-refractivity contribution in [3.05, 3.63) is 36.5 Å². The van der Waals surface area contributed by atoms with Crippen LogP contribution in [-0.4, -0.2) is 40.6 Å². The van der Waals surface area contributed by atoms with Gasteiger partial charge in [-0.2, -0.15) is 5.10 Å². The predicted octanol–water partition coefficient (Wildman–Crippen LogP) is 4.37. The quantitative estimate of drug-likeness (QED) is 0.682. The number of aromatic amines is 1. The molecule has 0 spiro atoms. The van der Waals surface area contributed by atoms with Crippen molar-refractivity contribution in [2.24, 2.45) is 0 Å². The number of benzene rings is 1. The van der Waals surface area contributed by atoms with Gasteiger partial charge in [0, 0.05) is 30.1 Å². The van der Waals surface area contributed by atoms with Crippen LogP contribution in [0.25, 0.3) is 22.2 Å². The number of ether oxygens (including phenoxy) is 1. The molecule has 2 aromatic heterocycles. The smallest absolute Gasteiger partial charge is 0.406 e. The third-order valence-electron chi connectivity index (χ3n) is 4.28. The Kier molecular flexibility index (Phi) is 3.93. The molecular formula is C17H13F5N4O. The van der Waals surface area contributed by atoms with Gasteiger partial charge in [-0.15, -0.1) is 13.2 Å². The average molecular weight is 384 g/mol. The summed E-state index contributed by atoms with van der Waals surface area (Å²) in [7, 11) is 0. The summed E-state index contributed by atoms with van der Waals surface area (Å²) in [5.41, 5.74) is 1.45. The van der Waals surface area contributed by atoms with Crippen molar-refractivity contribution in [1.82, 2.24) is 15.2 Å². The maximum Gasteiger partial charge on any atom is 0.573 e. The van der Waals surface area contributed by atoms with E-state index in [9.17, 15) is 22.0 Å². The van der Waals surface area contributed by atoms with E-state index >= 15 is 0 Å². The fourth-order valence-corrected chi connectivity index (χ4v) is 3.08. The standard InChI is InChI=1S/C17H13F5N4O/c18-16(19)4-6-26(9-16)14-7-10(3-5-23-14)15-12-8-11(27-17(20,21)22)1-2-13(12)24-25-15/h1-3,5,7-8H,4,6,9H2,(H,24,25). The Morgan fingerprint density at radius 3 is 2.67 bits per heavy atom. The van der Waals surface area contributed by atoms with Crippen molar-refractivity contribution in [1.29, 1.82) is 0 Å². The molecule has 1 saturated heterocycles. The van der Waals surface area contributed by atoms with E-state index in [2.05, 4.69) is 19.9 Å². The van der Waals surface area contributed by atoms with Crippen LogP contribution in [0.15, 0.2) is 36.5 Å². The van der Waals surface area contributed by atoms with E-state index in [1.54, 1.807) is 12.1 Å². The summed E-state index contributed by atoms with van der Waals surface area (Å²) in [4.78, 5) is 5.59. The molecule has 10 heteroatoms. The predicted molar refractivity (Wildman–Crippen MR) is 87.8 cm³/mol. The van der Waals surface area contributed by atoms with Crippen molar-refractivity contribution in [2.75, 3.05) is 18.0 Å². The number of hydrogen-bond donors (Lipinski definition) is 1.